The first-order valence-electron chi connectivity index (χ1n) is 27.6. The van der Waals surface area contributed by atoms with Crippen LogP contribution in [0.5, 0.6) is 0 Å². The Morgan fingerprint density at radius 2 is 0.662 bits per heavy atom. The number of cyclic esters (lactones) is 4. The number of esters is 4. The summed E-state index contributed by atoms with van der Waals surface area (Å²) in [5.74, 6) is -7.32. The standard InChI is InChI=1S/C60H82N6O12S2/c1-35(2)27-47-57(71)75-39(9)53(67)63(11)50(30-38(7)8)60(74)78-52(34-44-21-17-42(18-22-44)32-46-24-26-62-80-46)56(70)66(14)48(28-36(3)4)58(72)76-40(10)54(68)64(12)49(29-37(5)6)59(73)77-51(55(69)65(47)13)33-43-19-15-41(16-20-43)31-45-23-25-61-79-45/h15-26,35-40,47-52H,27-34H2,1-14H3/t39-,40-,47+,48+,49+,50+,51-,52-/m1/s1. The van der Waals surface area contributed by atoms with E-state index in [1.807, 2.05) is 116 Å². The number of aromatic nitrogens is 2. The summed E-state index contributed by atoms with van der Waals surface area (Å²) in [5.41, 5.74) is 3.25. The van der Waals surface area contributed by atoms with Crippen LogP contribution < -0.4 is 0 Å². The Bertz CT molecular complexity index is 2500. The van der Waals surface area contributed by atoms with Crippen molar-refractivity contribution in [3.63, 3.8) is 0 Å². The largest absolute Gasteiger partial charge is 0.451 e. The van der Waals surface area contributed by atoms with E-state index < -0.39 is 96.1 Å². The molecule has 0 saturated carbocycles. The predicted octanol–water partition coefficient (Wildman–Crippen LogP) is 7.76. The number of carbonyl (C=O) groups is 8. The van der Waals surface area contributed by atoms with Crippen molar-refractivity contribution in [1.29, 1.82) is 0 Å². The summed E-state index contributed by atoms with van der Waals surface area (Å²) in [6.07, 6.45) is -1.12. The van der Waals surface area contributed by atoms with Gasteiger partial charge in [-0.05, 0) is 121 Å². The zero-order chi connectivity index (χ0) is 59.1. The number of hydrogen-bond donors (Lipinski definition) is 0. The SMILES string of the molecule is CC(C)C[C@H]1C(=O)O[C@H](Cc2ccc(Cc3ccns3)cc2)C(=O)N(C)[C@@H](CC(C)C)C(=O)O[C@H](C)C(=O)N(C)[C@@H](CC(C)C)C(=O)O[C@H](Cc2ccc(Cc3ccns3)cc2)C(=O)N(C)[C@@H](CC(C)C)C(=O)O[C@H](C)C(=O)N1C. The summed E-state index contributed by atoms with van der Waals surface area (Å²) in [7, 11) is 5.60. The van der Waals surface area contributed by atoms with E-state index in [4.69, 9.17) is 18.9 Å². The molecule has 2 aromatic heterocycles. The molecule has 0 N–H and O–H groups in total. The normalized spacial score (nSPS) is 23.2. The van der Waals surface area contributed by atoms with Gasteiger partial charge in [0, 0.05) is 76.0 Å². The number of ether oxygens (including phenoxy) is 4. The van der Waals surface area contributed by atoms with Crippen molar-refractivity contribution in [2.24, 2.45) is 23.7 Å². The van der Waals surface area contributed by atoms with Crippen molar-refractivity contribution in [3.8, 4) is 0 Å². The molecule has 1 aliphatic heterocycles. The van der Waals surface area contributed by atoms with Crippen LogP contribution in [0.2, 0.25) is 0 Å². The molecule has 4 amide bonds. The van der Waals surface area contributed by atoms with Crippen LogP contribution in [0.4, 0.5) is 0 Å². The predicted molar refractivity (Wildman–Crippen MR) is 305 cm³/mol. The first-order chi connectivity index (χ1) is 37.7. The second kappa shape index (κ2) is 29.8. The van der Waals surface area contributed by atoms with Gasteiger partial charge >= 0.3 is 23.9 Å². The Morgan fingerprint density at radius 3 is 0.925 bits per heavy atom. The Balaban J connectivity index is 1.59. The summed E-state index contributed by atoms with van der Waals surface area (Å²) in [6, 6.07) is 13.7. The molecule has 1 fully saturated rings. The molecule has 8 atom stereocenters. The highest BCUT2D eigenvalue weighted by Gasteiger charge is 2.43. The third-order valence-electron chi connectivity index (χ3n) is 14.1. The lowest BCUT2D eigenvalue weighted by atomic mass is 9.99. The smallest absolute Gasteiger partial charge is 0.329 e. The van der Waals surface area contributed by atoms with Crippen LogP contribution >= 0.6 is 23.1 Å². The van der Waals surface area contributed by atoms with Crippen LogP contribution in [0.15, 0.2) is 73.1 Å². The highest BCUT2D eigenvalue weighted by atomic mass is 32.1. The summed E-state index contributed by atoms with van der Waals surface area (Å²) in [4.78, 5) is 124. The van der Waals surface area contributed by atoms with Gasteiger partial charge in [0.1, 0.15) is 24.2 Å². The van der Waals surface area contributed by atoms with Crippen LogP contribution in [-0.2, 0) is 83.0 Å². The number of likely N-dealkylation sites (N-methyl/N-ethyl adjacent to an activating group) is 4. The maximum Gasteiger partial charge on any atom is 0.329 e. The van der Waals surface area contributed by atoms with E-state index in [2.05, 4.69) is 8.75 Å². The van der Waals surface area contributed by atoms with Crippen LogP contribution in [0.25, 0.3) is 0 Å². The summed E-state index contributed by atoms with van der Waals surface area (Å²) in [5, 5.41) is 0. The van der Waals surface area contributed by atoms with Crippen LogP contribution in [0.3, 0.4) is 0 Å². The zero-order valence-corrected chi connectivity index (χ0v) is 50.5. The fraction of sp³-hybridized carbons (Fsp3) is 0.567. The van der Waals surface area contributed by atoms with Gasteiger partial charge in [-0.1, -0.05) is 104 Å². The molecule has 3 heterocycles. The van der Waals surface area contributed by atoms with E-state index in [9.17, 15) is 38.4 Å². The van der Waals surface area contributed by atoms with E-state index in [0.29, 0.717) is 24.0 Å². The minimum absolute atomic E-state index is 0.0909. The van der Waals surface area contributed by atoms with Gasteiger partial charge in [0.2, 0.25) is 0 Å². The molecular weight excluding hydrogens is 1060 g/mol. The molecule has 0 unspecified atom stereocenters. The van der Waals surface area contributed by atoms with Gasteiger partial charge in [-0.2, -0.15) is 0 Å². The maximum atomic E-state index is 15.0. The summed E-state index contributed by atoms with van der Waals surface area (Å²) < 4.78 is 32.6. The molecule has 0 radical (unpaired) electrons. The van der Waals surface area contributed by atoms with Gasteiger partial charge in [-0.15, -0.1) is 0 Å². The van der Waals surface area contributed by atoms with Gasteiger partial charge in [0.25, 0.3) is 23.6 Å². The topological polar surface area (TPSA) is 212 Å². The Hall–Kier alpha value is -6.54. The minimum Gasteiger partial charge on any atom is -0.451 e. The molecule has 0 spiro atoms. The second-order valence-electron chi connectivity index (χ2n) is 22.7. The molecule has 1 saturated heterocycles. The number of nitrogens with zero attached hydrogens (tertiary/aromatic N) is 6. The average molecular weight is 1140 g/mol. The van der Waals surface area contributed by atoms with Gasteiger partial charge in [0.15, 0.2) is 24.4 Å². The number of amides is 4. The number of benzene rings is 2. The molecule has 4 aromatic rings. The lowest BCUT2D eigenvalue weighted by Crippen LogP contribution is -2.55. The second-order valence-corrected chi connectivity index (χ2v) is 24.6. The van der Waals surface area contributed by atoms with Gasteiger partial charge in [0.05, 0.1) is 0 Å². The highest BCUT2D eigenvalue weighted by Crippen LogP contribution is 2.25. The molecule has 0 aliphatic carbocycles. The van der Waals surface area contributed by atoms with E-state index in [-0.39, 0.29) is 62.2 Å². The van der Waals surface area contributed by atoms with Crippen molar-refractivity contribution in [1.82, 2.24) is 28.3 Å². The van der Waals surface area contributed by atoms with Gasteiger partial charge < -0.3 is 38.5 Å². The molecular formula is C60H82N6O12S2. The number of hydrogen-bond acceptors (Lipinski definition) is 16. The van der Waals surface area contributed by atoms with Crippen molar-refractivity contribution in [3.05, 3.63) is 105 Å². The monoisotopic (exact) mass is 1140 g/mol. The van der Waals surface area contributed by atoms with E-state index in [0.717, 1.165) is 30.7 Å². The maximum absolute atomic E-state index is 15.0. The third-order valence-corrected chi connectivity index (χ3v) is 15.6. The quantitative estimate of drug-likeness (QED) is 0.0775. The molecule has 5 rings (SSSR count). The van der Waals surface area contributed by atoms with E-state index in [1.165, 1.54) is 74.9 Å². The van der Waals surface area contributed by atoms with E-state index >= 15 is 0 Å². The Kier molecular flexibility index (Phi) is 23.9. The Morgan fingerprint density at radius 1 is 0.400 bits per heavy atom. The summed E-state index contributed by atoms with van der Waals surface area (Å²) in [6.45, 7) is 17.6. The molecule has 1 aliphatic rings. The van der Waals surface area contributed by atoms with E-state index in [1.54, 1.807) is 12.4 Å². The molecule has 2 aromatic carbocycles. The van der Waals surface area contributed by atoms with Crippen LogP contribution in [-0.4, -0.2) is 153 Å². The highest BCUT2D eigenvalue weighted by molar-refractivity contribution is 7.06. The van der Waals surface area contributed by atoms with Crippen molar-refractivity contribution in [2.45, 2.75) is 169 Å². The molecule has 0 bridgehead atoms. The Labute approximate surface area is 480 Å². The van der Waals surface area contributed by atoms with Crippen LogP contribution in [0, 0.1) is 23.7 Å². The fourth-order valence-electron chi connectivity index (χ4n) is 9.56. The first kappa shape index (κ1) is 64.3. The van der Waals surface area contributed by atoms with Crippen molar-refractivity contribution < 1.29 is 57.3 Å². The average Bonchev–Trinajstić information content (AvgIpc) is 4.14. The summed E-state index contributed by atoms with van der Waals surface area (Å²) >= 11 is 2.77. The van der Waals surface area contributed by atoms with Gasteiger partial charge in [-0.25, -0.2) is 27.9 Å². The van der Waals surface area contributed by atoms with Crippen molar-refractivity contribution >= 4 is 70.6 Å². The number of rotatable bonds is 16. The third kappa shape index (κ3) is 18.2. The molecule has 436 valence electrons. The lowest BCUT2D eigenvalue weighted by molar-refractivity contribution is -0.176. The molecule has 18 nitrogen and oxygen atoms in total. The molecule has 20 heteroatoms. The fourth-order valence-corrected chi connectivity index (χ4v) is 10.8. The molecule has 80 heavy (non-hydrogen) atoms. The van der Waals surface area contributed by atoms with Crippen molar-refractivity contribution in [2.75, 3.05) is 28.2 Å². The number of carbonyl (C=O) groups excluding carboxylic acids is 8. The van der Waals surface area contributed by atoms with Crippen LogP contribution in [0.1, 0.15) is 127 Å². The minimum atomic E-state index is -1.52. The van der Waals surface area contributed by atoms with Gasteiger partial charge in [-0.3, -0.25) is 19.2 Å². The zero-order valence-electron chi connectivity index (χ0n) is 48.9. The first-order valence-corrected chi connectivity index (χ1v) is 29.1. The lowest BCUT2D eigenvalue weighted by Gasteiger charge is -2.35.